The largest absolute Gasteiger partial charge is 0.436 e. The molecule has 4 N–H and O–H groups in total. The number of pyridine rings is 1. The molecule has 0 saturated heterocycles. The van der Waals surface area contributed by atoms with Gasteiger partial charge in [-0.05, 0) is 18.2 Å². The Bertz CT molecular complexity index is 671. The predicted molar refractivity (Wildman–Crippen MR) is 71.2 cm³/mol. The molecule has 0 bridgehead atoms. The van der Waals surface area contributed by atoms with Gasteiger partial charge >= 0.3 is 11.9 Å². The fourth-order valence-electron chi connectivity index (χ4n) is 2.25. The molecular formula is C12H12F3N5O2. The predicted octanol–water partition coefficient (Wildman–Crippen LogP) is 1.03. The van der Waals surface area contributed by atoms with E-state index in [4.69, 9.17) is 11.5 Å². The number of hydrogen-bond acceptors (Lipinski definition) is 6. The lowest BCUT2D eigenvalue weighted by molar-refractivity contribution is -0.452. The topological polar surface area (TPSA) is 111 Å². The molecule has 0 amide bonds. The fourth-order valence-corrected chi connectivity index (χ4v) is 2.25. The molecule has 2 rings (SSSR count). The average Bonchev–Trinajstić information content (AvgIpc) is 2.42. The van der Waals surface area contributed by atoms with Crippen LogP contribution in [0.4, 0.5) is 13.2 Å². The first kappa shape index (κ1) is 15.8. The summed E-state index contributed by atoms with van der Waals surface area (Å²) in [6.07, 6.45) is -1.27. The lowest BCUT2D eigenvalue weighted by atomic mass is 9.95. The van der Waals surface area contributed by atoms with Crippen LogP contribution < -0.4 is 11.5 Å². The number of rotatable bonds is 2. The van der Waals surface area contributed by atoms with E-state index in [0.717, 1.165) is 13.1 Å². The number of likely N-dealkylation sites (N-methyl/N-ethyl adjacent to an activating group) is 1. The van der Waals surface area contributed by atoms with Gasteiger partial charge < -0.3 is 10.6 Å². The summed E-state index contributed by atoms with van der Waals surface area (Å²) in [4.78, 5) is 14.2. The fraction of sp³-hybridized carbons (Fsp3) is 0.250. The highest BCUT2D eigenvalue weighted by Crippen LogP contribution is 2.43. The van der Waals surface area contributed by atoms with Crippen molar-refractivity contribution in [2.45, 2.75) is 11.8 Å². The maximum Gasteiger partial charge on any atom is 0.436 e. The van der Waals surface area contributed by atoms with Gasteiger partial charge in [0.25, 0.3) is 5.66 Å². The zero-order chi connectivity index (χ0) is 16.7. The van der Waals surface area contributed by atoms with Gasteiger partial charge in [-0.1, -0.05) is 0 Å². The van der Waals surface area contributed by atoms with Gasteiger partial charge in [-0.15, -0.1) is 0 Å². The number of aromatic nitrogens is 1. The number of allylic oxidation sites excluding steroid dienone is 1. The molecule has 22 heavy (non-hydrogen) atoms. The Balaban J connectivity index is 2.73. The number of hydrogen-bond donors (Lipinski definition) is 2. The second kappa shape index (κ2) is 4.98. The summed E-state index contributed by atoms with van der Waals surface area (Å²) in [5, 5.41) is 11.0. The average molecular weight is 315 g/mol. The van der Waals surface area contributed by atoms with Crippen LogP contribution in [0, 0.1) is 10.1 Å². The summed E-state index contributed by atoms with van der Waals surface area (Å²) in [7, 11) is 1.02. The van der Waals surface area contributed by atoms with E-state index in [1.807, 2.05) is 0 Å². The molecule has 0 radical (unpaired) electrons. The highest BCUT2D eigenvalue weighted by molar-refractivity contribution is 5.69. The van der Waals surface area contributed by atoms with Crippen molar-refractivity contribution in [1.82, 2.24) is 9.88 Å². The summed E-state index contributed by atoms with van der Waals surface area (Å²) in [5.41, 5.74) is 5.95. The van der Waals surface area contributed by atoms with Crippen molar-refractivity contribution in [2.75, 3.05) is 7.05 Å². The Morgan fingerprint density at radius 1 is 1.36 bits per heavy atom. The smallest absolute Gasteiger partial charge is 0.393 e. The Morgan fingerprint density at radius 3 is 2.36 bits per heavy atom. The second-order valence-electron chi connectivity index (χ2n) is 4.65. The van der Waals surface area contributed by atoms with Crippen LogP contribution in [0.5, 0.6) is 0 Å². The first-order chi connectivity index (χ1) is 10.1. The van der Waals surface area contributed by atoms with Crippen LogP contribution in [0.15, 0.2) is 42.0 Å². The lowest BCUT2D eigenvalue weighted by Gasteiger charge is -2.42. The first-order valence-electron chi connectivity index (χ1n) is 5.97. The van der Waals surface area contributed by atoms with Crippen molar-refractivity contribution in [3.8, 4) is 0 Å². The summed E-state index contributed by atoms with van der Waals surface area (Å²) >= 11 is 0. The quantitative estimate of drug-likeness (QED) is 0.623. The van der Waals surface area contributed by atoms with Crippen LogP contribution in [0.25, 0.3) is 5.70 Å². The van der Waals surface area contributed by atoms with Crippen molar-refractivity contribution in [1.29, 1.82) is 0 Å². The normalized spacial score (nSPS) is 22.6. The third-order valence-corrected chi connectivity index (χ3v) is 3.41. The van der Waals surface area contributed by atoms with Gasteiger partial charge in [-0.2, -0.15) is 13.2 Å². The van der Waals surface area contributed by atoms with Crippen LogP contribution in [0.3, 0.4) is 0 Å². The van der Waals surface area contributed by atoms with E-state index in [-0.39, 0.29) is 5.70 Å². The van der Waals surface area contributed by atoms with E-state index in [1.54, 1.807) is 0 Å². The van der Waals surface area contributed by atoms with Crippen molar-refractivity contribution in [3.05, 3.63) is 57.7 Å². The maximum absolute atomic E-state index is 13.4. The molecule has 0 aromatic carbocycles. The molecule has 0 spiro atoms. The molecule has 0 aliphatic carbocycles. The molecule has 1 aromatic heterocycles. The maximum atomic E-state index is 13.4. The molecule has 0 saturated carbocycles. The van der Waals surface area contributed by atoms with Gasteiger partial charge in [0.2, 0.25) is 0 Å². The zero-order valence-electron chi connectivity index (χ0n) is 11.3. The lowest BCUT2D eigenvalue weighted by Crippen LogP contribution is -2.67. The Kier molecular flexibility index (Phi) is 3.57. The molecular weight excluding hydrogens is 303 g/mol. The van der Waals surface area contributed by atoms with Gasteiger partial charge in [-0.25, -0.2) is 0 Å². The van der Waals surface area contributed by atoms with E-state index in [2.05, 4.69) is 4.98 Å². The molecule has 7 nitrogen and oxygen atoms in total. The summed E-state index contributed by atoms with van der Waals surface area (Å²) in [6.45, 7) is 0. The molecule has 1 aliphatic heterocycles. The van der Waals surface area contributed by atoms with Crippen LogP contribution in [-0.4, -0.2) is 33.7 Å². The molecule has 118 valence electrons. The third-order valence-electron chi connectivity index (χ3n) is 3.41. The second-order valence-corrected chi connectivity index (χ2v) is 4.65. The Hall–Kier alpha value is -2.62. The van der Waals surface area contributed by atoms with Crippen LogP contribution in [0.1, 0.15) is 5.56 Å². The van der Waals surface area contributed by atoms with Crippen LogP contribution in [-0.2, 0) is 0 Å². The van der Waals surface area contributed by atoms with E-state index < -0.39 is 28.2 Å². The highest BCUT2D eigenvalue weighted by Gasteiger charge is 2.66. The zero-order valence-corrected chi connectivity index (χ0v) is 11.3. The molecule has 1 aromatic rings. The van der Waals surface area contributed by atoms with Crippen molar-refractivity contribution < 1.29 is 18.1 Å². The molecule has 1 unspecified atom stereocenters. The van der Waals surface area contributed by atoms with Gasteiger partial charge in [0.05, 0.1) is 4.92 Å². The number of alkyl halides is 3. The standard InChI is InChI=1S/C12H12F3N5O2/c1-19-9(7-2-4-18-5-3-7)6-8(16)10(20(21)22)11(19,17)12(13,14)15/h2-6H,16-17H2,1H3. The van der Waals surface area contributed by atoms with Crippen molar-refractivity contribution in [2.24, 2.45) is 11.5 Å². The Labute approximate surface area is 122 Å². The minimum Gasteiger partial charge on any atom is -0.393 e. The van der Waals surface area contributed by atoms with E-state index in [0.29, 0.717) is 10.5 Å². The summed E-state index contributed by atoms with van der Waals surface area (Å²) in [6, 6.07) is 2.90. The summed E-state index contributed by atoms with van der Waals surface area (Å²) < 4.78 is 40.3. The third kappa shape index (κ3) is 2.17. The van der Waals surface area contributed by atoms with Crippen molar-refractivity contribution in [3.63, 3.8) is 0 Å². The molecule has 10 heteroatoms. The molecule has 0 fully saturated rings. The Morgan fingerprint density at radius 2 is 1.91 bits per heavy atom. The number of nitrogens with zero attached hydrogens (tertiary/aromatic N) is 3. The van der Waals surface area contributed by atoms with Gasteiger partial charge in [-0.3, -0.25) is 20.8 Å². The van der Waals surface area contributed by atoms with Gasteiger partial charge in [0, 0.05) is 30.7 Å². The minimum atomic E-state index is -5.11. The number of halogens is 3. The molecule has 1 aliphatic rings. The van der Waals surface area contributed by atoms with E-state index in [1.165, 1.54) is 24.5 Å². The van der Waals surface area contributed by atoms with Crippen LogP contribution >= 0.6 is 0 Å². The number of nitrogens with two attached hydrogens (primary N) is 2. The van der Waals surface area contributed by atoms with E-state index >= 15 is 0 Å². The minimum absolute atomic E-state index is 0.00493. The SMILES string of the molecule is CN1C(c2ccncc2)=CC(N)=C([N+](=O)[O-])C1(N)C(F)(F)F. The monoisotopic (exact) mass is 315 g/mol. The summed E-state index contributed by atoms with van der Waals surface area (Å²) in [5.74, 6) is 0. The highest BCUT2D eigenvalue weighted by atomic mass is 19.4. The van der Waals surface area contributed by atoms with E-state index in [9.17, 15) is 23.3 Å². The van der Waals surface area contributed by atoms with Gasteiger partial charge in [0.15, 0.2) is 0 Å². The number of nitro groups is 1. The first-order valence-corrected chi connectivity index (χ1v) is 5.97. The molecule has 2 heterocycles. The van der Waals surface area contributed by atoms with Crippen molar-refractivity contribution >= 4 is 5.70 Å². The molecule has 1 atom stereocenters. The van der Waals surface area contributed by atoms with Gasteiger partial charge in [0.1, 0.15) is 5.70 Å². The van der Waals surface area contributed by atoms with Crippen LogP contribution in [0.2, 0.25) is 0 Å².